The number of Topliss-reactive ketones (excluding diaryl/α,β-unsaturated/α-hetero) is 1. The Balaban J connectivity index is 3.51. The summed E-state index contributed by atoms with van der Waals surface area (Å²) in [6.07, 6.45) is -0.215. The molecule has 5 heteroatoms. The van der Waals surface area contributed by atoms with Crippen molar-refractivity contribution in [2.45, 2.75) is 13.0 Å². The summed E-state index contributed by atoms with van der Waals surface area (Å²) in [5.74, 6) is -0.314. The predicted octanol–water partition coefficient (Wildman–Crippen LogP) is -0.801. The minimum Gasteiger partial charge on any atom is -0.350 e. The van der Waals surface area contributed by atoms with E-state index in [4.69, 9.17) is 15.5 Å². The maximum Gasteiger partial charge on any atom is 0.172 e. The quantitative estimate of drug-likeness (QED) is 0.461. The van der Waals surface area contributed by atoms with Crippen LogP contribution in [0.2, 0.25) is 0 Å². The van der Waals surface area contributed by atoms with E-state index in [9.17, 15) is 4.79 Å². The van der Waals surface area contributed by atoms with E-state index in [2.05, 4.69) is 0 Å². The molecule has 0 saturated carbocycles. The normalized spacial score (nSPS) is 13.9. The van der Waals surface area contributed by atoms with Gasteiger partial charge >= 0.3 is 0 Å². The first-order chi connectivity index (χ1) is 4.04. The van der Waals surface area contributed by atoms with Crippen molar-refractivity contribution in [3.8, 4) is 0 Å². The van der Waals surface area contributed by atoms with E-state index in [-0.39, 0.29) is 11.9 Å². The van der Waals surface area contributed by atoms with E-state index < -0.39 is 14.4 Å². The lowest BCUT2D eigenvalue weighted by atomic mass is 10.3. The van der Waals surface area contributed by atoms with Crippen LogP contribution in [-0.2, 0) is 4.79 Å². The minimum absolute atomic E-state index is 0.215. The van der Waals surface area contributed by atoms with E-state index in [1.165, 1.54) is 6.92 Å². The predicted molar refractivity (Wildman–Crippen MR) is 34.9 cm³/mol. The van der Waals surface area contributed by atoms with Crippen LogP contribution in [0.1, 0.15) is 6.92 Å². The SMILES string of the molecule is CC(N)C(=O)CP(O)O. The molecule has 0 aromatic heterocycles. The molecule has 4 N–H and O–H groups in total. The smallest absolute Gasteiger partial charge is 0.172 e. The summed E-state index contributed by atoms with van der Waals surface area (Å²) in [6, 6.07) is -0.589. The molecule has 0 amide bonds. The number of carbonyl (C=O) groups is 1. The summed E-state index contributed by atoms with van der Waals surface area (Å²) in [7, 11) is -2.10. The molecule has 0 rings (SSSR count). The summed E-state index contributed by atoms with van der Waals surface area (Å²) < 4.78 is 0. The zero-order chi connectivity index (χ0) is 7.44. The fourth-order valence-electron chi connectivity index (χ4n) is 0.283. The molecule has 9 heavy (non-hydrogen) atoms. The van der Waals surface area contributed by atoms with Crippen molar-refractivity contribution in [3.05, 3.63) is 0 Å². The second-order valence-electron chi connectivity index (χ2n) is 1.79. The topological polar surface area (TPSA) is 83.6 Å². The fourth-order valence-corrected chi connectivity index (χ4v) is 0.850. The van der Waals surface area contributed by atoms with Crippen LogP contribution in [-0.4, -0.2) is 27.8 Å². The molecule has 0 saturated heterocycles. The third-order valence-electron chi connectivity index (χ3n) is 0.805. The molecule has 0 aromatic carbocycles. The molecule has 54 valence electrons. The Morgan fingerprint density at radius 1 is 1.78 bits per heavy atom. The summed E-state index contributed by atoms with van der Waals surface area (Å²) >= 11 is 0. The van der Waals surface area contributed by atoms with Gasteiger partial charge in [-0.1, -0.05) is 0 Å². The summed E-state index contributed by atoms with van der Waals surface area (Å²) in [5, 5.41) is 0. The van der Waals surface area contributed by atoms with Crippen LogP contribution in [0, 0.1) is 0 Å². The average Bonchev–Trinajstić information content (AvgIpc) is 1.63. The highest BCUT2D eigenvalue weighted by molar-refractivity contribution is 7.46. The van der Waals surface area contributed by atoms with Gasteiger partial charge in [0.1, 0.15) is 0 Å². The maximum atomic E-state index is 10.5. The maximum absolute atomic E-state index is 10.5. The lowest BCUT2D eigenvalue weighted by Crippen LogP contribution is -2.28. The largest absolute Gasteiger partial charge is 0.350 e. The Kier molecular flexibility index (Phi) is 3.89. The molecule has 0 bridgehead atoms. The fraction of sp³-hybridized carbons (Fsp3) is 0.750. The van der Waals surface area contributed by atoms with E-state index in [1.54, 1.807) is 0 Å². The highest BCUT2D eigenvalue weighted by Crippen LogP contribution is 2.21. The Bertz CT molecular complexity index is 104. The standard InChI is InChI=1S/C4H10NO3P/c1-3(5)4(6)2-9(7)8/h3,7-8H,2,5H2,1H3. The minimum atomic E-state index is -2.10. The van der Waals surface area contributed by atoms with Crippen LogP contribution in [0.15, 0.2) is 0 Å². The van der Waals surface area contributed by atoms with Gasteiger partial charge in [0.2, 0.25) is 0 Å². The number of hydrogen-bond acceptors (Lipinski definition) is 4. The highest BCUT2D eigenvalue weighted by Gasteiger charge is 2.11. The van der Waals surface area contributed by atoms with Crippen LogP contribution in [0.25, 0.3) is 0 Å². The Morgan fingerprint density at radius 2 is 2.22 bits per heavy atom. The van der Waals surface area contributed by atoms with Gasteiger partial charge in [0.05, 0.1) is 12.2 Å². The van der Waals surface area contributed by atoms with E-state index in [0.717, 1.165) is 0 Å². The molecule has 4 nitrogen and oxygen atoms in total. The number of rotatable bonds is 3. The zero-order valence-corrected chi connectivity index (χ0v) is 6.01. The van der Waals surface area contributed by atoms with E-state index >= 15 is 0 Å². The Morgan fingerprint density at radius 3 is 2.33 bits per heavy atom. The second-order valence-corrected chi connectivity index (χ2v) is 2.85. The van der Waals surface area contributed by atoms with Gasteiger partial charge in [0.25, 0.3) is 0 Å². The van der Waals surface area contributed by atoms with Crippen molar-refractivity contribution in [1.29, 1.82) is 0 Å². The molecule has 1 unspecified atom stereocenters. The lowest BCUT2D eigenvalue weighted by molar-refractivity contribution is -0.117. The molecule has 0 spiro atoms. The van der Waals surface area contributed by atoms with Crippen LogP contribution in [0.5, 0.6) is 0 Å². The van der Waals surface area contributed by atoms with Gasteiger partial charge in [0, 0.05) is 0 Å². The highest BCUT2D eigenvalue weighted by atomic mass is 31.2. The third kappa shape index (κ3) is 4.48. The van der Waals surface area contributed by atoms with Crippen molar-refractivity contribution >= 4 is 14.2 Å². The van der Waals surface area contributed by atoms with Gasteiger partial charge in [-0.3, -0.25) is 4.79 Å². The number of hydrogen-bond donors (Lipinski definition) is 3. The molecule has 0 aliphatic carbocycles. The first-order valence-corrected chi connectivity index (χ1v) is 3.91. The first-order valence-electron chi connectivity index (χ1n) is 2.47. The molecule has 0 fully saturated rings. The number of carbonyl (C=O) groups excluding carboxylic acids is 1. The van der Waals surface area contributed by atoms with Gasteiger partial charge < -0.3 is 15.5 Å². The van der Waals surface area contributed by atoms with Crippen LogP contribution in [0.4, 0.5) is 0 Å². The van der Waals surface area contributed by atoms with Crippen LogP contribution in [0.3, 0.4) is 0 Å². The average molecular weight is 151 g/mol. The monoisotopic (exact) mass is 151 g/mol. The van der Waals surface area contributed by atoms with Crippen molar-refractivity contribution in [2.75, 3.05) is 6.16 Å². The van der Waals surface area contributed by atoms with E-state index in [1.807, 2.05) is 0 Å². The van der Waals surface area contributed by atoms with Crippen LogP contribution < -0.4 is 5.73 Å². The van der Waals surface area contributed by atoms with Gasteiger partial charge in [-0.05, 0) is 6.92 Å². The molecule has 1 atom stereocenters. The van der Waals surface area contributed by atoms with Crippen molar-refractivity contribution < 1.29 is 14.6 Å². The molecular formula is C4H10NO3P. The second kappa shape index (κ2) is 3.90. The lowest BCUT2D eigenvalue weighted by Gasteiger charge is -2.03. The Hall–Kier alpha value is -0.0200. The summed E-state index contributed by atoms with van der Waals surface area (Å²) in [5.41, 5.74) is 5.12. The van der Waals surface area contributed by atoms with Gasteiger partial charge in [0.15, 0.2) is 14.2 Å². The molecule has 0 heterocycles. The summed E-state index contributed by atoms with van der Waals surface area (Å²) in [4.78, 5) is 27.2. The molecule has 0 aromatic rings. The van der Waals surface area contributed by atoms with Crippen molar-refractivity contribution in [3.63, 3.8) is 0 Å². The third-order valence-corrected chi connectivity index (χ3v) is 1.40. The number of nitrogens with two attached hydrogens (primary N) is 1. The summed E-state index contributed by atoms with van der Waals surface area (Å²) in [6.45, 7) is 1.52. The van der Waals surface area contributed by atoms with Gasteiger partial charge in [-0.25, -0.2) is 0 Å². The van der Waals surface area contributed by atoms with Gasteiger partial charge in [-0.2, -0.15) is 0 Å². The van der Waals surface area contributed by atoms with Gasteiger partial charge in [-0.15, -0.1) is 0 Å². The Labute approximate surface area is 54.6 Å². The van der Waals surface area contributed by atoms with Crippen molar-refractivity contribution in [2.24, 2.45) is 5.73 Å². The molecule has 0 radical (unpaired) electrons. The first kappa shape index (κ1) is 8.98. The molecule has 0 aliphatic heterocycles. The van der Waals surface area contributed by atoms with Crippen LogP contribution >= 0.6 is 8.38 Å². The molecular weight excluding hydrogens is 141 g/mol. The zero-order valence-electron chi connectivity index (χ0n) is 5.11. The molecule has 0 aliphatic rings. The number of ketones is 1. The van der Waals surface area contributed by atoms with Crippen molar-refractivity contribution in [1.82, 2.24) is 0 Å². The van der Waals surface area contributed by atoms with E-state index in [0.29, 0.717) is 0 Å².